The van der Waals surface area contributed by atoms with Crippen LogP contribution in [0.1, 0.15) is 12.0 Å². The summed E-state index contributed by atoms with van der Waals surface area (Å²) in [5.41, 5.74) is 3.64. The van der Waals surface area contributed by atoms with E-state index in [2.05, 4.69) is 70.0 Å². The maximum absolute atomic E-state index is 4.93. The molecule has 0 spiro atoms. The zero-order valence-electron chi connectivity index (χ0n) is 15.5. The van der Waals surface area contributed by atoms with Gasteiger partial charge in [0.15, 0.2) is 6.33 Å². The van der Waals surface area contributed by atoms with Gasteiger partial charge in [0.25, 0.3) is 0 Å². The van der Waals surface area contributed by atoms with E-state index in [0.29, 0.717) is 0 Å². The molecule has 1 aliphatic rings. The fraction of sp³-hybridized carbons (Fsp3) is 0.0909. The molecule has 29 heavy (non-hydrogen) atoms. The Morgan fingerprint density at radius 1 is 1.07 bits per heavy atom. The summed E-state index contributed by atoms with van der Waals surface area (Å²) in [5, 5.41) is 13.9. The van der Waals surface area contributed by atoms with Crippen LogP contribution in [-0.2, 0) is 27.3 Å². The molecule has 0 N–H and O–H groups in total. The van der Waals surface area contributed by atoms with Crippen molar-refractivity contribution < 1.29 is 20.8 Å². The van der Waals surface area contributed by atoms with Gasteiger partial charge < -0.3 is 0 Å². The summed E-state index contributed by atoms with van der Waals surface area (Å²) in [7, 11) is 9.87. The molecular formula is C22H18Cl2N4Zr. The minimum absolute atomic E-state index is 0.826. The predicted molar refractivity (Wildman–Crippen MR) is 115 cm³/mol. The number of hydrogen-bond donors (Lipinski definition) is 0. The minimum Gasteiger partial charge on any atom is -0.151 e. The number of rotatable bonds is 3. The Balaban J connectivity index is 0.000000148. The SMILES string of the molecule is [C-]1=C(Cc2ccccc2)C=CC1.[Cl][Zr+2][Cl].c1ccc2[cH-]c(-n3ncnn3)cc2c1. The molecule has 0 amide bonds. The van der Waals surface area contributed by atoms with E-state index >= 15 is 0 Å². The summed E-state index contributed by atoms with van der Waals surface area (Å²) in [4.78, 5) is 1.51. The molecule has 0 fully saturated rings. The first-order valence-corrected chi connectivity index (χ1v) is 15.3. The Kier molecular flexibility index (Phi) is 8.94. The van der Waals surface area contributed by atoms with Crippen LogP contribution in [0.3, 0.4) is 0 Å². The van der Waals surface area contributed by atoms with Crippen molar-refractivity contribution in [1.29, 1.82) is 0 Å². The first kappa shape index (κ1) is 21.8. The summed E-state index contributed by atoms with van der Waals surface area (Å²) in [5.74, 6) is 0. The van der Waals surface area contributed by atoms with E-state index in [1.165, 1.54) is 33.0 Å². The molecule has 1 aliphatic carbocycles. The van der Waals surface area contributed by atoms with E-state index < -0.39 is 20.8 Å². The molecule has 1 heterocycles. The molecule has 0 bridgehead atoms. The molecule has 144 valence electrons. The van der Waals surface area contributed by atoms with Gasteiger partial charge in [-0.2, -0.15) is 10.9 Å². The Morgan fingerprint density at radius 2 is 1.83 bits per heavy atom. The van der Waals surface area contributed by atoms with Crippen molar-refractivity contribution in [3.63, 3.8) is 0 Å². The van der Waals surface area contributed by atoms with E-state index in [9.17, 15) is 0 Å². The molecule has 0 unspecified atom stereocenters. The fourth-order valence-electron chi connectivity index (χ4n) is 2.92. The smallest absolute Gasteiger partial charge is 0.151 e. The molecule has 0 aliphatic heterocycles. The number of aromatic nitrogens is 4. The third-order valence-electron chi connectivity index (χ3n) is 4.19. The van der Waals surface area contributed by atoms with Crippen LogP contribution in [0.4, 0.5) is 0 Å². The average molecular weight is 501 g/mol. The average Bonchev–Trinajstić information content (AvgIpc) is 3.51. The van der Waals surface area contributed by atoms with Crippen LogP contribution in [0.5, 0.6) is 0 Å². The molecule has 5 rings (SSSR count). The first-order chi connectivity index (χ1) is 14.3. The number of tetrazole rings is 1. The van der Waals surface area contributed by atoms with Crippen LogP contribution in [0, 0.1) is 6.08 Å². The van der Waals surface area contributed by atoms with Crippen molar-refractivity contribution in [1.82, 2.24) is 20.2 Å². The van der Waals surface area contributed by atoms with Crippen molar-refractivity contribution in [2.45, 2.75) is 12.8 Å². The van der Waals surface area contributed by atoms with Crippen LogP contribution in [0.15, 0.2) is 90.8 Å². The van der Waals surface area contributed by atoms with Gasteiger partial charge in [0, 0.05) is 0 Å². The maximum atomic E-state index is 4.93. The van der Waals surface area contributed by atoms with Gasteiger partial charge >= 0.3 is 37.9 Å². The van der Waals surface area contributed by atoms with E-state index in [1.54, 1.807) is 0 Å². The second kappa shape index (κ2) is 11.9. The zero-order chi connectivity index (χ0) is 20.3. The van der Waals surface area contributed by atoms with E-state index in [1.807, 2.05) is 30.3 Å². The summed E-state index contributed by atoms with van der Waals surface area (Å²) in [6.45, 7) is 0. The summed E-state index contributed by atoms with van der Waals surface area (Å²) < 4.78 is 0. The maximum Gasteiger partial charge on any atom is 0.162 e. The van der Waals surface area contributed by atoms with Gasteiger partial charge in [-0.05, 0) is 22.9 Å². The minimum atomic E-state index is -0.826. The topological polar surface area (TPSA) is 43.6 Å². The van der Waals surface area contributed by atoms with E-state index in [-0.39, 0.29) is 0 Å². The quantitative estimate of drug-likeness (QED) is 0.333. The van der Waals surface area contributed by atoms with Crippen molar-refractivity contribution >= 4 is 27.8 Å². The van der Waals surface area contributed by atoms with Gasteiger partial charge in [-0.3, -0.25) is 6.08 Å². The molecule has 4 aromatic rings. The van der Waals surface area contributed by atoms with Gasteiger partial charge in [0.1, 0.15) is 0 Å². The molecule has 0 atom stereocenters. The Labute approximate surface area is 188 Å². The first-order valence-electron chi connectivity index (χ1n) is 8.95. The fourth-order valence-corrected chi connectivity index (χ4v) is 2.92. The van der Waals surface area contributed by atoms with Gasteiger partial charge in [-0.25, -0.2) is 11.6 Å². The second-order valence-corrected chi connectivity index (χ2v) is 9.84. The summed E-state index contributed by atoms with van der Waals surface area (Å²) >= 11 is -0.826. The second-order valence-electron chi connectivity index (χ2n) is 6.11. The van der Waals surface area contributed by atoms with Crippen molar-refractivity contribution in [3.8, 4) is 5.69 Å². The van der Waals surface area contributed by atoms with Gasteiger partial charge in [-0.1, -0.05) is 36.4 Å². The monoisotopic (exact) mass is 498 g/mol. The van der Waals surface area contributed by atoms with Gasteiger partial charge in [0.2, 0.25) is 0 Å². The number of hydrogen-bond acceptors (Lipinski definition) is 3. The number of halogens is 2. The molecule has 0 saturated carbocycles. The largest absolute Gasteiger partial charge is 0.162 e. The normalized spacial score (nSPS) is 11.7. The Bertz CT molecular complexity index is 1020. The van der Waals surface area contributed by atoms with Crippen molar-refractivity contribution in [2.24, 2.45) is 0 Å². The molecule has 0 radical (unpaired) electrons. The van der Waals surface area contributed by atoms with Crippen LogP contribution >= 0.6 is 17.0 Å². The zero-order valence-corrected chi connectivity index (χ0v) is 19.5. The molecular weight excluding hydrogens is 482 g/mol. The Hall–Kier alpha value is -1.94. The third-order valence-corrected chi connectivity index (χ3v) is 4.19. The summed E-state index contributed by atoms with van der Waals surface area (Å²) in [6, 6.07) is 22.7. The van der Waals surface area contributed by atoms with E-state index in [4.69, 9.17) is 17.0 Å². The number of fused-ring (bicyclic) bond motifs is 1. The van der Waals surface area contributed by atoms with Crippen LogP contribution < -0.4 is 0 Å². The summed E-state index contributed by atoms with van der Waals surface area (Å²) in [6.07, 6.45) is 11.1. The number of allylic oxidation sites excluding steroid dienone is 4. The van der Waals surface area contributed by atoms with Crippen LogP contribution in [0.25, 0.3) is 16.5 Å². The third kappa shape index (κ3) is 6.81. The molecule has 4 nitrogen and oxygen atoms in total. The Morgan fingerprint density at radius 3 is 2.48 bits per heavy atom. The number of nitrogens with zero attached hydrogens (tertiary/aromatic N) is 4. The van der Waals surface area contributed by atoms with Crippen molar-refractivity contribution in [3.05, 3.63) is 102 Å². The van der Waals surface area contributed by atoms with Crippen LogP contribution in [0.2, 0.25) is 0 Å². The van der Waals surface area contributed by atoms with Crippen LogP contribution in [-0.4, -0.2) is 20.2 Å². The van der Waals surface area contributed by atoms with Crippen molar-refractivity contribution in [2.75, 3.05) is 0 Å². The molecule has 1 aromatic heterocycles. The van der Waals surface area contributed by atoms with Gasteiger partial charge in [-0.15, -0.1) is 57.7 Å². The molecule has 0 saturated heterocycles. The predicted octanol–water partition coefficient (Wildman–Crippen LogP) is 5.83. The standard InChI is InChI=1S/C12H11.C10H7N4.2ClH.Zr/c1-2-6-11(7-3-1)10-12-8-4-5-9-12;1-2-4-9-6-10(5-8(9)3-1)14-12-7-11-13-14;;;/h1-4,6-8H,5,10H2;1-7H;2*1H;/q2*-1;;;+4/p-2. The molecule has 3 aromatic carbocycles. The van der Waals surface area contributed by atoms with Gasteiger partial charge in [0.05, 0.1) is 0 Å². The molecule has 7 heteroatoms. The van der Waals surface area contributed by atoms with E-state index in [0.717, 1.165) is 18.5 Å². The number of benzene rings is 2.